The van der Waals surface area contributed by atoms with Gasteiger partial charge in [-0.2, -0.15) is 0 Å². The van der Waals surface area contributed by atoms with Crippen molar-refractivity contribution >= 4 is 170 Å². The summed E-state index contributed by atoms with van der Waals surface area (Å²) in [5.41, 5.74) is 20.5. The summed E-state index contributed by atoms with van der Waals surface area (Å²) >= 11 is 12.3. The van der Waals surface area contributed by atoms with Gasteiger partial charge in [0, 0.05) is 102 Å². The molecule has 434 valence electrons. The van der Waals surface area contributed by atoms with E-state index in [1.165, 1.54) is 160 Å². The lowest BCUT2D eigenvalue weighted by Crippen LogP contribution is -1.98. The van der Waals surface area contributed by atoms with Gasteiger partial charge < -0.3 is 9.13 Å². The van der Waals surface area contributed by atoms with Crippen molar-refractivity contribution in [1.29, 1.82) is 0 Å². The van der Waals surface area contributed by atoms with Gasteiger partial charge in [-0.15, -0.1) is 34.0 Å². The average molecular weight is 1360 g/mol. The number of aromatic nitrogens is 2. The smallest absolute Gasteiger partial charge is 0.0541 e. The standard InChI is InChI=1S/C54H32N2S2.C25H16S.C6H4Br2/c1-5-22-47-39(14-1)45-30-33(37-18-10-20-43-41-16-3-7-24-51(41)57-53(37)43)26-28-49(45)55(47)35-12-9-13-36(32-35)56-48-23-6-2-15-40(48)46-31-34(27-29-50(46)56)38-19-11-21-44-42-17-4-8-25-52(42)58-54(38)44;1-2-7-19-16(6-1)14-17-12-13-18(15-23(17)19)20-9-5-10-22-21-8-3-4-11-24(21)26-25(20)22;7-5-2-1-3-6(8)4-5/h1-32H;1-13,15H,14H2;1-4H. The maximum atomic E-state index is 3.33. The first-order valence-electron chi connectivity index (χ1n) is 31.0. The Morgan fingerprint density at radius 1 is 0.239 bits per heavy atom. The van der Waals surface area contributed by atoms with E-state index in [1.807, 2.05) is 58.3 Å². The number of hydrogen-bond donors (Lipinski definition) is 0. The molecule has 1 aliphatic carbocycles. The average Bonchev–Trinajstić information content (AvgIpc) is 1.64. The van der Waals surface area contributed by atoms with Crippen molar-refractivity contribution in [3.05, 3.63) is 323 Å². The van der Waals surface area contributed by atoms with Gasteiger partial charge in [-0.3, -0.25) is 0 Å². The van der Waals surface area contributed by atoms with Crippen molar-refractivity contribution in [2.75, 3.05) is 0 Å². The fourth-order valence-corrected chi connectivity index (χ4v) is 19.1. The van der Waals surface area contributed by atoms with Crippen LogP contribution >= 0.6 is 65.9 Å². The van der Waals surface area contributed by atoms with Crippen molar-refractivity contribution in [1.82, 2.24) is 9.13 Å². The number of nitrogens with zero attached hydrogens (tertiary/aromatic N) is 2. The van der Waals surface area contributed by atoms with Crippen molar-refractivity contribution in [2.24, 2.45) is 0 Å². The molecule has 0 N–H and O–H groups in total. The number of rotatable bonds is 5. The SMILES string of the molecule is Brc1cccc(Br)c1.c1cc(-n2c3ccccc3c3cc(-c4cccc5c4sc4ccccc45)ccc32)cc(-n2c3ccccc3c3cc(-c4cccc5c4sc4ccccc45)ccc32)c1.c1ccc2c(c1)Cc1ccc(-c3cccc4c3sc3ccccc34)cc1-2. The first-order valence-corrected chi connectivity index (χ1v) is 35.0. The summed E-state index contributed by atoms with van der Waals surface area (Å²) in [6, 6.07) is 111. The van der Waals surface area contributed by atoms with Crippen LogP contribution in [0.1, 0.15) is 11.1 Å². The Labute approximate surface area is 560 Å². The molecule has 7 heteroatoms. The first kappa shape index (κ1) is 55.2. The van der Waals surface area contributed by atoms with E-state index in [0.29, 0.717) is 0 Å². The van der Waals surface area contributed by atoms with E-state index < -0.39 is 0 Å². The number of thiophene rings is 3. The highest BCUT2D eigenvalue weighted by molar-refractivity contribution is 9.11. The lowest BCUT2D eigenvalue weighted by atomic mass is 9.97. The molecule has 0 bridgehead atoms. The molecule has 0 aliphatic heterocycles. The van der Waals surface area contributed by atoms with Gasteiger partial charge in [0.05, 0.1) is 22.1 Å². The molecular weight excluding hydrogens is 1300 g/mol. The molecule has 0 amide bonds. The van der Waals surface area contributed by atoms with Crippen molar-refractivity contribution in [3.63, 3.8) is 0 Å². The minimum Gasteiger partial charge on any atom is -0.309 e. The van der Waals surface area contributed by atoms with E-state index >= 15 is 0 Å². The van der Waals surface area contributed by atoms with Gasteiger partial charge >= 0.3 is 0 Å². The zero-order valence-corrected chi connectivity index (χ0v) is 55.1. The lowest BCUT2D eigenvalue weighted by Gasteiger charge is -2.13. The summed E-state index contributed by atoms with van der Waals surface area (Å²) in [5, 5.41) is 13.1. The number of hydrogen-bond acceptors (Lipinski definition) is 3. The zero-order chi connectivity index (χ0) is 61.0. The highest BCUT2D eigenvalue weighted by Gasteiger charge is 2.22. The van der Waals surface area contributed by atoms with E-state index in [0.717, 1.165) is 26.7 Å². The number of benzene rings is 14. The fraction of sp³-hybridized carbons (Fsp3) is 0.0118. The highest BCUT2D eigenvalue weighted by atomic mass is 79.9. The molecule has 5 aromatic heterocycles. The molecular formula is C85H52Br2N2S3. The lowest BCUT2D eigenvalue weighted by molar-refractivity contribution is 1.13. The van der Waals surface area contributed by atoms with Crippen LogP contribution in [0.4, 0.5) is 0 Å². The van der Waals surface area contributed by atoms with Crippen molar-refractivity contribution in [3.8, 4) is 55.9 Å². The van der Waals surface area contributed by atoms with E-state index in [9.17, 15) is 0 Å². The van der Waals surface area contributed by atoms with E-state index in [1.54, 1.807) is 0 Å². The van der Waals surface area contributed by atoms with Crippen LogP contribution in [-0.2, 0) is 6.42 Å². The molecule has 0 fully saturated rings. The van der Waals surface area contributed by atoms with Crippen LogP contribution in [0.3, 0.4) is 0 Å². The highest BCUT2D eigenvalue weighted by Crippen LogP contribution is 2.47. The molecule has 92 heavy (non-hydrogen) atoms. The summed E-state index contributed by atoms with van der Waals surface area (Å²) in [6.07, 6.45) is 1.05. The minimum absolute atomic E-state index is 1.05. The molecule has 0 saturated carbocycles. The summed E-state index contributed by atoms with van der Waals surface area (Å²) in [7, 11) is 0. The topological polar surface area (TPSA) is 9.86 Å². The maximum Gasteiger partial charge on any atom is 0.0541 e. The Morgan fingerprint density at radius 2 is 0.598 bits per heavy atom. The number of fused-ring (bicyclic) bond motifs is 18. The summed E-state index contributed by atoms with van der Waals surface area (Å²) in [5.74, 6) is 0. The van der Waals surface area contributed by atoms with E-state index in [2.05, 4.69) is 320 Å². The molecule has 0 unspecified atom stereocenters. The minimum atomic E-state index is 1.05. The van der Waals surface area contributed by atoms with E-state index in [-0.39, 0.29) is 0 Å². The van der Waals surface area contributed by atoms with Crippen molar-refractivity contribution < 1.29 is 0 Å². The molecule has 0 spiro atoms. The second-order valence-electron chi connectivity index (χ2n) is 23.7. The van der Waals surface area contributed by atoms with Gasteiger partial charge in [-0.05, 0) is 159 Å². The van der Waals surface area contributed by atoms with Crippen LogP contribution in [-0.4, -0.2) is 9.13 Å². The molecule has 5 heterocycles. The zero-order valence-electron chi connectivity index (χ0n) is 49.4. The van der Waals surface area contributed by atoms with Gasteiger partial charge in [0.25, 0.3) is 0 Å². The Kier molecular flexibility index (Phi) is 13.6. The monoisotopic (exact) mass is 1350 g/mol. The second kappa shape index (κ2) is 22.6. The quantitative estimate of drug-likeness (QED) is 0.163. The molecule has 20 rings (SSSR count). The summed E-state index contributed by atoms with van der Waals surface area (Å²) < 4.78 is 15.2. The van der Waals surface area contributed by atoms with Gasteiger partial charge in [0.15, 0.2) is 0 Å². The molecule has 2 nitrogen and oxygen atoms in total. The molecule has 14 aromatic carbocycles. The van der Waals surface area contributed by atoms with Crippen molar-refractivity contribution in [2.45, 2.75) is 6.42 Å². The molecule has 0 radical (unpaired) electrons. The Morgan fingerprint density at radius 3 is 1.08 bits per heavy atom. The van der Waals surface area contributed by atoms with Crippen LogP contribution in [0, 0.1) is 0 Å². The summed E-state index contributed by atoms with van der Waals surface area (Å²) in [6.45, 7) is 0. The number of halogens is 2. The van der Waals surface area contributed by atoms with Crippen LogP contribution < -0.4 is 0 Å². The van der Waals surface area contributed by atoms with E-state index in [4.69, 9.17) is 0 Å². The first-order chi connectivity index (χ1) is 45.4. The maximum absolute atomic E-state index is 3.33. The second-order valence-corrected chi connectivity index (χ2v) is 28.7. The Hall–Kier alpha value is -9.70. The largest absolute Gasteiger partial charge is 0.309 e. The van der Waals surface area contributed by atoms with Gasteiger partial charge in [0.2, 0.25) is 0 Å². The molecule has 19 aromatic rings. The predicted octanol–water partition coefficient (Wildman–Crippen LogP) is 26.5. The molecule has 1 aliphatic rings. The molecule has 0 atom stereocenters. The third kappa shape index (κ3) is 9.28. The third-order valence-corrected chi connectivity index (χ3v) is 23.1. The van der Waals surface area contributed by atoms with Gasteiger partial charge in [-0.25, -0.2) is 0 Å². The fourth-order valence-electron chi connectivity index (χ4n) is 14.3. The summed E-state index contributed by atoms with van der Waals surface area (Å²) in [4.78, 5) is 0. The van der Waals surface area contributed by atoms with Crippen LogP contribution in [0.15, 0.2) is 312 Å². The Balaban J connectivity index is 0.000000151. The normalized spacial score (nSPS) is 12.0. The molecule has 0 saturated heterocycles. The van der Waals surface area contributed by atoms with Gasteiger partial charge in [-0.1, -0.05) is 238 Å². The van der Waals surface area contributed by atoms with Crippen LogP contribution in [0.2, 0.25) is 0 Å². The number of para-hydroxylation sites is 2. The predicted molar refractivity (Wildman–Crippen MR) is 407 cm³/mol. The Bertz CT molecular complexity index is 5910. The van der Waals surface area contributed by atoms with Gasteiger partial charge in [0.1, 0.15) is 0 Å². The van der Waals surface area contributed by atoms with Crippen LogP contribution in [0.25, 0.3) is 160 Å². The third-order valence-electron chi connectivity index (χ3n) is 18.4. The van der Waals surface area contributed by atoms with Crippen LogP contribution in [0.5, 0.6) is 0 Å².